The average Bonchev–Trinajstić information content (AvgIpc) is 3.20. The van der Waals surface area contributed by atoms with E-state index < -0.39 is 0 Å². The third-order valence-corrected chi connectivity index (χ3v) is 8.49. The van der Waals surface area contributed by atoms with E-state index in [1.165, 1.54) is 82.4 Å². The normalized spacial score (nSPS) is 12.7. The van der Waals surface area contributed by atoms with Gasteiger partial charge in [-0.2, -0.15) is 4.57 Å². The quantitative estimate of drug-likeness (QED) is 0.128. The van der Waals surface area contributed by atoms with Crippen LogP contribution in [0.4, 0.5) is 0 Å². The highest BCUT2D eigenvalue weighted by Crippen LogP contribution is 2.44. The van der Waals surface area contributed by atoms with E-state index in [0.29, 0.717) is 0 Å². The van der Waals surface area contributed by atoms with E-state index in [9.17, 15) is 0 Å². The van der Waals surface area contributed by atoms with Crippen LogP contribution in [0.2, 0.25) is 0 Å². The van der Waals surface area contributed by atoms with Gasteiger partial charge in [-0.1, -0.05) is 81.4 Å². The molecule has 0 aliphatic rings. The molecule has 0 fully saturated rings. The molecule has 0 spiro atoms. The summed E-state index contributed by atoms with van der Waals surface area (Å²) in [6.45, 7) is 13.8. The number of rotatable bonds is 2. The van der Waals surface area contributed by atoms with Gasteiger partial charge in [-0.3, -0.25) is 0 Å². The van der Waals surface area contributed by atoms with Crippen molar-refractivity contribution in [3.05, 3.63) is 95.2 Å². The number of aryl methyl sites for hydroxylation is 4. The Kier molecular flexibility index (Phi) is 4.77. The lowest BCUT2D eigenvalue weighted by molar-refractivity contribution is -0.643. The Bertz CT molecular complexity index is 2050. The fourth-order valence-corrected chi connectivity index (χ4v) is 6.87. The number of nitrogens with zero attached hydrogens (tertiary/aromatic N) is 2. The van der Waals surface area contributed by atoms with Crippen LogP contribution in [0.25, 0.3) is 60.1 Å². The van der Waals surface area contributed by atoms with E-state index in [-0.39, 0.29) is 5.41 Å². The molecule has 188 valence electrons. The van der Waals surface area contributed by atoms with Crippen molar-refractivity contribution in [3.63, 3.8) is 0 Å². The van der Waals surface area contributed by atoms with E-state index in [1.54, 1.807) is 0 Å². The van der Waals surface area contributed by atoms with Gasteiger partial charge in [0.15, 0.2) is 6.20 Å². The second kappa shape index (κ2) is 7.80. The predicted octanol–water partition coefficient (Wildman–Crippen LogP) is 9.00. The molecule has 7 rings (SSSR count). The van der Waals surface area contributed by atoms with Gasteiger partial charge < -0.3 is 4.40 Å². The zero-order valence-electron chi connectivity index (χ0n) is 23.5. The molecule has 0 bridgehead atoms. The van der Waals surface area contributed by atoms with Gasteiger partial charge in [0.2, 0.25) is 5.52 Å². The van der Waals surface area contributed by atoms with Crippen LogP contribution in [-0.4, -0.2) is 4.40 Å². The molecular weight excluding hydrogens is 460 g/mol. The molecule has 2 nitrogen and oxygen atoms in total. The van der Waals surface area contributed by atoms with Crippen molar-refractivity contribution >= 4 is 49.0 Å². The van der Waals surface area contributed by atoms with Crippen molar-refractivity contribution in [2.24, 2.45) is 12.5 Å². The first kappa shape index (κ1) is 23.2. The van der Waals surface area contributed by atoms with Gasteiger partial charge in [-0.25, -0.2) is 0 Å². The molecule has 0 aliphatic heterocycles. The number of benzene rings is 4. The largest absolute Gasteiger partial charge is 0.307 e. The average molecular weight is 496 g/mol. The summed E-state index contributed by atoms with van der Waals surface area (Å²) in [6.07, 6.45) is 3.39. The molecule has 2 heteroatoms. The second-order valence-electron chi connectivity index (χ2n) is 12.5. The zero-order valence-corrected chi connectivity index (χ0v) is 23.5. The molecule has 7 aromatic rings. The second-order valence-corrected chi connectivity index (χ2v) is 12.5. The van der Waals surface area contributed by atoms with Gasteiger partial charge in [0.25, 0.3) is 0 Å². The summed E-state index contributed by atoms with van der Waals surface area (Å²) < 4.78 is 4.97. The lowest BCUT2D eigenvalue weighted by Gasteiger charge is -2.19. The topological polar surface area (TPSA) is 8.29 Å². The Morgan fingerprint density at radius 3 is 2.18 bits per heavy atom. The Hall–Kier alpha value is -3.91. The molecule has 3 aromatic heterocycles. The minimum atomic E-state index is 0.237. The summed E-state index contributed by atoms with van der Waals surface area (Å²) in [5.41, 5.74) is 13.5. The van der Waals surface area contributed by atoms with Crippen molar-refractivity contribution < 1.29 is 4.57 Å². The Morgan fingerprint density at radius 2 is 1.45 bits per heavy atom. The fraction of sp³-hybridized carbons (Fsp3) is 0.250. The summed E-state index contributed by atoms with van der Waals surface area (Å²) in [4.78, 5) is 0. The van der Waals surface area contributed by atoms with Gasteiger partial charge in [-0.05, 0) is 66.5 Å². The van der Waals surface area contributed by atoms with Crippen LogP contribution in [-0.2, 0) is 13.5 Å². The smallest absolute Gasteiger partial charge is 0.224 e. The minimum absolute atomic E-state index is 0.237. The lowest BCUT2D eigenvalue weighted by atomic mass is 9.88. The van der Waals surface area contributed by atoms with Crippen LogP contribution in [0, 0.1) is 26.2 Å². The van der Waals surface area contributed by atoms with Crippen LogP contribution >= 0.6 is 0 Å². The first-order valence-corrected chi connectivity index (χ1v) is 13.7. The van der Waals surface area contributed by atoms with Crippen molar-refractivity contribution in [3.8, 4) is 11.1 Å². The van der Waals surface area contributed by atoms with Crippen LogP contribution < -0.4 is 4.57 Å². The van der Waals surface area contributed by atoms with Gasteiger partial charge in [0.05, 0.1) is 32.9 Å². The van der Waals surface area contributed by atoms with E-state index in [1.807, 2.05) is 0 Å². The highest BCUT2D eigenvalue weighted by molar-refractivity contribution is 6.29. The molecule has 0 saturated carbocycles. The Morgan fingerprint density at radius 1 is 0.737 bits per heavy atom. The maximum absolute atomic E-state index is 2.60. The molecule has 38 heavy (non-hydrogen) atoms. The summed E-state index contributed by atoms with van der Waals surface area (Å²) in [6, 6.07) is 25.1. The summed E-state index contributed by atoms with van der Waals surface area (Å²) in [5.74, 6) is 0. The third kappa shape index (κ3) is 3.16. The SMILES string of the molecule is Cc1cc(C)c2c(c1C)c1c3c(ccc4c5ccc(CC(C)(C)C)cc5n2c43)c(-c2ccccc2)c[n+]1C. The van der Waals surface area contributed by atoms with Crippen molar-refractivity contribution in [2.75, 3.05) is 0 Å². The standard InChI is InChI=1S/C36H35N2/c1-21-17-22(2)33-31(23(21)3)35-32-27(29(20-37(35)7)25-11-9-8-10-12-25)15-16-28-26-14-13-24(19-36(4,5)6)18-30(26)38(33)34(28)32/h8-18,20H,19H2,1-7H3/q+1. The number of pyridine rings is 2. The zero-order chi connectivity index (χ0) is 26.5. The highest BCUT2D eigenvalue weighted by Gasteiger charge is 2.27. The minimum Gasteiger partial charge on any atom is -0.307 e. The van der Waals surface area contributed by atoms with E-state index in [2.05, 4.69) is 130 Å². The van der Waals surface area contributed by atoms with E-state index in [0.717, 1.165) is 6.42 Å². The van der Waals surface area contributed by atoms with Gasteiger partial charge >= 0.3 is 0 Å². The molecule has 3 heterocycles. The van der Waals surface area contributed by atoms with Crippen molar-refractivity contribution in [1.29, 1.82) is 0 Å². The molecule has 0 unspecified atom stereocenters. The lowest BCUT2D eigenvalue weighted by Crippen LogP contribution is -2.30. The first-order chi connectivity index (χ1) is 18.1. The maximum atomic E-state index is 2.60. The highest BCUT2D eigenvalue weighted by atomic mass is 15.0. The van der Waals surface area contributed by atoms with Crippen LogP contribution in [0.1, 0.15) is 43.0 Å². The number of aromatic nitrogens is 2. The monoisotopic (exact) mass is 495 g/mol. The summed E-state index contributed by atoms with van der Waals surface area (Å²) in [5, 5.41) is 6.72. The summed E-state index contributed by atoms with van der Waals surface area (Å²) in [7, 11) is 2.22. The third-order valence-electron chi connectivity index (χ3n) is 8.49. The number of hydrogen-bond donors (Lipinski definition) is 0. The van der Waals surface area contributed by atoms with Crippen LogP contribution in [0.3, 0.4) is 0 Å². The maximum Gasteiger partial charge on any atom is 0.224 e. The van der Waals surface area contributed by atoms with E-state index >= 15 is 0 Å². The van der Waals surface area contributed by atoms with Crippen LogP contribution in [0.15, 0.2) is 72.9 Å². The van der Waals surface area contributed by atoms with Crippen LogP contribution in [0.5, 0.6) is 0 Å². The van der Waals surface area contributed by atoms with Gasteiger partial charge in [-0.15, -0.1) is 0 Å². The number of hydrogen-bond acceptors (Lipinski definition) is 0. The predicted molar refractivity (Wildman–Crippen MR) is 163 cm³/mol. The molecule has 0 atom stereocenters. The molecular formula is C36H35N2+. The van der Waals surface area contributed by atoms with Crippen molar-refractivity contribution in [2.45, 2.75) is 48.0 Å². The molecule has 0 radical (unpaired) electrons. The number of fused-ring (bicyclic) bond motifs is 6. The fourth-order valence-electron chi connectivity index (χ4n) is 6.87. The van der Waals surface area contributed by atoms with Crippen molar-refractivity contribution in [1.82, 2.24) is 4.40 Å². The van der Waals surface area contributed by atoms with Gasteiger partial charge in [0.1, 0.15) is 7.05 Å². The molecule has 0 saturated heterocycles. The molecule has 0 amide bonds. The molecule has 0 N–H and O–H groups in total. The Balaban J connectivity index is 1.79. The molecule has 0 aliphatic carbocycles. The molecule has 4 aromatic carbocycles. The van der Waals surface area contributed by atoms with Gasteiger partial charge in [0, 0.05) is 16.2 Å². The summed E-state index contributed by atoms with van der Waals surface area (Å²) >= 11 is 0. The Labute approximate surface area is 224 Å². The first-order valence-electron chi connectivity index (χ1n) is 13.7. The van der Waals surface area contributed by atoms with E-state index in [4.69, 9.17) is 0 Å².